The van der Waals surface area contributed by atoms with Gasteiger partial charge in [0.25, 0.3) is 11.7 Å². The van der Waals surface area contributed by atoms with Crippen LogP contribution in [0, 0.1) is 0 Å². The second kappa shape index (κ2) is 8.16. The van der Waals surface area contributed by atoms with Gasteiger partial charge in [-0.15, -0.1) is 0 Å². The normalized spacial score (nSPS) is 18.5. The molecule has 1 heterocycles. The number of ketones is 1. The molecule has 2 N–H and O–H groups in total. The molecule has 8 heteroatoms. The molecule has 1 aliphatic heterocycles. The van der Waals surface area contributed by atoms with Crippen LogP contribution in [0.25, 0.3) is 5.76 Å². The lowest BCUT2D eigenvalue weighted by molar-refractivity contribution is -0.142. The molecule has 0 unspecified atom stereocenters. The summed E-state index contributed by atoms with van der Waals surface area (Å²) in [5, 5.41) is 20.2. The average molecular weight is 465 g/mol. The Morgan fingerprint density at radius 3 is 2.21 bits per heavy atom. The van der Waals surface area contributed by atoms with Crippen LogP contribution in [0.2, 0.25) is 5.02 Å². The van der Waals surface area contributed by atoms with Gasteiger partial charge in [0.1, 0.15) is 5.76 Å². The molecular formula is C20H15BrClNO5. The molecule has 0 bridgehead atoms. The van der Waals surface area contributed by atoms with Crippen molar-refractivity contribution in [1.29, 1.82) is 0 Å². The van der Waals surface area contributed by atoms with Gasteiger partial charge in [0, 0.05) is 21.6 Å². The van der Waals surface area contributed by atoms with Gasteiger partial charge in [-0.25, -0.2) is 0 Å². The number of aliphatic carboxylic acids is 1. The van der Waals surface area contributed by atoms with Crippen LogP contribution in [0.4, 0.5) is 0 Å². The lowest BCUT2D eigenvalue weighted by Gasteiger charge is -2.24. The number of carbonyl (C=O) groups is 3. The first-order valence-electron chi connectivity index (χ1n) is 8.31. The molecule has 0 saturated carbocycles. The monoisotopic (exact) mass is 463 g/mol. The number of hydrogen-bond donors (Lipinski definition) is 2. The number of amides is 1. The molecule has 1 atom stereocenters. The molecule has 0 spiro atoms. The maximum atomic E-state index is 12.7. The van der Waals surface area contributed by atoms with E-state index in [4.69, 9.17) is 16.7 Å². The zero-order valence-electron chi connectivity index (χ0n) is 14.4. The summed E-state index contributed by atoms with van der Waals surface area (Å²) in [6.45, 7) is -0.155. The minimum absolute atomic E-state index is 0.0833. The van der Waals surface area contributed by atoms with Crippen molar-refractivity contribution in [3.63, 3.8) is 0 Å². The molecule has 1 amide bonds. The van der Waals surface area contributed by atoms with Gasteiger partial charge in [-0.2, -0.15) is 0 Å². The average Bonchev–Trinajstić information content (AvgIpc) is 2.91. The first-order valence-corrected chi connectivity index (χ1v) is 9.48. The van der Waals surface area contributed by atoms with E-state index in [1.165, 1.54) is 4.90 Å². The predicted octanol–water partition coefficient (Wildman–Crippen LogP) is 4.00. The zero-order valence-corrected chi connectivity index (χ0v) is 16.8. The Bertz CT molecular complexity index is 969. The third-order valence-corrected chi connectivity index (χ3v) is 5.19. The number of aliphatic hydroxyl groups excluding tert-OH is 1. The van der Waals surface area contributed by atoms with E-state index in [0.717, 1.165) is 4.47 Å². The maximum Gasteiger partial charge on any atom is 0.305 e. The summed E-state index contributed by atoms with van der Waals surface area (Å²) in [7, 11) is 0. The van der Waals surface area contributed by atoms with E-state index in [1.54, 1.807) is 48.5 Å². The van der Waals surface area contributed by atoms with Crippen molar-refractivity contribution in [2.45, 2.75) is 12.5 Å². The van der Waals surface area contributed by atoms with Crippen LogP contribution in [-0.2, 0) is 14.4 Å². The van der Waals surface area contributed by atoms with Crippen molar-refractivity contribution < 1.29 is 24.6 Å². The Kier molecular flexibility index (Phi) is 5.86. The van der Waals surface area contributed by atoms with Gasteiger partial charge in [-0.3, -0.25) is 14.4 Å². The molecule has 28 heavy (non-hydrogen) atoms. The number of halogens is 2. The van der Waals surface area contributed by atoms with Crippen molar-refractivity contribution in [3.05, 3.63) is 74.7 Å². The highest BCUT2D eigenvalue weighted by molar-refractivity contribution is 9.10. The number of nitrogens with zero attached hydrogens (tertiary/aromatic N) is 1. The van der Waals surface area contributed by atoms with Gasteiger partial charge in [0.05, 0.1) is 18.0 Å². The molecule has 2 aromatic carbocycles. The largest absolute Gasteiger partial charge is 0.507 e. The molecule has 1 aliphatic rings. The number of carbonyl (C=O) groups excluding carboxylic acids is 2. The third kappa shape index (κ3) is 3.95. The highest BCUT2D eigenvalue weighted by Crippen LogP contribution is 2.39. The zero-order chi connectivity index (χ0) is 20.4. The Hall–Kier alpha value is -2.64. The van der Waals surface area contributed by atoms with Gasteiger partial charge in [-0.1, -0.05) is 39.7 Å². The second-order valence-corrected chi connectivity index (χ2v) is 7.55. The lowest BCUT2D eigenvalue weighted by atomic mass is 9.95. The van der Waals surface area contributed by atoms with Crippen molar-refractivity contribution >= 4 is 50.9 Å². The van der Waals surface area contributed by atoms with Crippen LogP contribution in [0.15, 0.2) is 58.6 Å². The molecule has 1 saturated heterocycles. The SMILES string of the molecule is O=C(O)CCN1C(=O)C(=O)C(=C(O)c2ccc(Cl)cc2)[C@@H]1c1ccc(Br)cc1. The summed E-state index contributed by atoms with van der Waals surface area (Å²) in [5.74, 6) is -3.12. The quantitative estimate of drug-likeness (QED) is 0.396. The van der Waals surface area contributed by atoms with Crippen molar-refractivity contribution in [3.8, 4) is 0 Å². The predicted molar refractivity (Wildman–Crippen MR) is 107 cm³/mol. The summed E-state index contributed by atoms with van der Waals surface area (Å²) in [6.07, 6.45) is -0.318. The second-order valence-electron chi connectivity index (χ2n) is 6.19. The topological polar surface area (TPSA) is 94.9 Å². The van der Waals surface area contributed by atoms with Crippen LogP contribution >= 0.6 is 27.5 Å². The number of carboxylic acid groups (broad SMARTS) is 1. The highest BCUT2D eigenvalue weighted by atomic mass is 79.9. The Labute approximate surface area is 174 Å². The fourth-order valence-electron chi connectivity index (χ4n) is 3.08. The molecule has 0 aromatic heterocycles. The molecule has 0 aliphatic carbocycles. The van der Waals surface area contributed by atoms with Crippen LogP contribution < -0.4 is 0 Å². The van der Waals surface area contributed by atoms with E-state index < -0.39 is 23.7 Å². The number of rotatable bonds is 5. The fraction of sp³-hybridized carbons (Fsp3) is 0.150. The Morgan fingerprint density at radius 2 is 1.64 bits per heavy atom. The van der Waals surface area contributed by atoms with Crippen LogP contribution in [0.5, 0.6) is 0 Å². The molecule has 0 radical (unpaired) electrons. The summed E-state index contributed by atoms with van der Waals surface area (Å²) in [5.41, 5.74) is 0.839. The standard InChI is InChI=1S/C20H15BrClNO5/c21-13-5-1-11(2-6-13)17-16(18(26)12-3-7-14(22)8-4-12)19(27)20(28)23(17)10-9-15(24)25/h1-8,17,26H,9-10H2,(H,24,25)/t17-/m0/s1. The van der Waals surface area contributed by atoms with Crippen LogP contribution in [0.1, 0.15) is 23.6 Å². The molecule has 2 aromatic rings. The van der Waals surface area contributed by atoms with Crippen molar-refractivity contribution in [2.75, 3.05) is 6.54 Å². The van der Waals surface area contributed by atoms with Gasteiger partial charge in [-0.05, 0) is 42.0 Å². The highest BCUT2D eigenvalue weighted by Gasteiger charge is 2.46. The lowest BCUT2D eigenvalue weighted by Crippen LogP contribution is -2.31. The number of hydrogen-bond acceptors (Lipinski definition) is 4. The van der Waals surface area contributed by atoms with Crippen molar-refractivity contribution in [2.24, 2.45) is 0 Å². The summed E-state index contributed by atoms with van der Waals surface area (Å²) in [4.78, 5) is 37.5. The smallest absolute Gasteiger partial charge is 0.305 e. The van der Waals surface area contributed by atoms with E-state index in [9.17, 15) is 19.5 Å². The van der Waals surface area contributed by atoms with Gasteiger partial charge in [0.15, 0.2) is 0 Å². The minimum atomic E-state index is -1.09. The molecule has 144 valence electrons. The summed E-state index contributed by atoms with van der Waals surface area (Å²) < 4.78 is 0.802. The van der Waals surface area contributed by atoms with Gasteiger partial charge < -0.3 is 15.1 Å². The Balaban J connectivity index is 2.14. The van der Waals surface area contributed by atoms with E-state index in [-0.39, 0.29) is 24.3 Å². The van der Waals surface area contributed by atoms with Crippen molar-refractivity contribution in [1.82, 2.24) is 4.90 Å². The third-order valence-electron chi connectivity index (χ3n) is 4.41. The fourth-order valence-corrected chi connectivity index (χ4v) is 3.47. The first-order chi connectivity index (χ1) is 13.3. The van der Waals surface area contributed by atoms with Gasteiger partial charge in [0.2, 0.25) is 0 Å². The molecule has 3 rings (SSSR count). The number of likely N-dealkylation sites (tertiary alicyclic amines) is 1. The number of carboxylic acids is 1. The minimum Gasteiger partial charge on any atom is -0.507 e. The van der Waals surface area contributed by atoms with E-state index >= 15 is 0 Å². The molecular weight excluding hydrogens is 450 g/mol. The number of Topliss-reactive ketones (excluding diaryl/α,β-unsaturated/α-hetero) is 1. The molecule has 6 nitrogen and oxygen atoms in total. The maximum absolute atomic E-state index is 12.7. The summed E-state index contributed by atoms with van der Waals surface area (Å²) in [6, 6.07) is 12.2. The number of aliphatic hydroxyl groups is 1. The number of benzene rings is 2. The first kappa shape index (κ1) is 20.1. The van der Waals surface area contributed by atoms with Crippen LogP contribution in [-0.4, -0.2) is 39.3 Å². The van der Waals surface area contributed by atoms with E-state index in [1.807, 2.05) is 0 Å². The molecule has 1 fully saturated rings. The Morgan fingerprint density at radius 1 is 1.04 bits per heavy atom. The van der Waals surface area contributed by atoms with Crippen LogP contribution in [0.3, 0.4) is 0 Å². The van der Waals surface area contributed by atoms with Gasteiger partial charge >= 0.3 is 5.97 Å². The summed E-state index contributed by atoms with van der Waals surface area (Å²) >= 11 is 9.21. The van der Waals surface area contributed by atoms with E-state index in [2.05, 4.69) is 15.9 Å². The van der Waals surface area contributed by atoms with E-state index in [0.29, 0.717) is 16.1 Å².